The fourth-order valence-electron chi connectivity index (χ4n) is 1.81. The minimum atomic E-state index is -4.40. The molecule has 118 valence electrons. The third kappa shape index (κ3) is 4.47. The summed E-state index contributed by atoms with van der Waals surface area (Å²) in [6.07, 6.45) is 1.66. The summed E-state index contributed by atoms with van der Waals surface area (Å²) in [5, 5.41) is 4.80. The number of primary sulfonamides is 1. The van der Waals surface area contributed by atoms with Gasteiger partial charge in [0.25, 0.3) is 0 Å². The van der Waals surface area contributed by atoms with E-state index in [0.29, 0.717) is 12.1 Å². The Morgan fingerprint density at radius 1 is 1.38 bits per heavy atom. The van der Waals surface area contributed by atoms with Crippen molar-refractivity contribution in [1.82, 2.24) is 0 Å². The third-order valence-corrected chi connectivity index (χ3v) is 3.78. The van der Waals surface area contributed by atoms with Crippen molar-refractivity contribution in [3.05, 3.63) is 29.3 Å². The van der Waals surface area contributed by atoms with Crippen molar-refractivity contribution < 1.29 is 26.7 Å². The molecule has 0 amide bonds. The first-order chi connectivity index (χ1) is 9.68. The van der Waals surface area contributed by atoms with E-state index in [0.717, 1.165) is 12.8 Å². The first-order valence-electron chi connectivity index (χ1n) is 6.36. The van der Waals surface area contributed by atoms with Gasteiger partial charge in [-0.3, -0.25) is 0 Å². The molecular formula is C13H17F2NO4S. The van der Waals surface area contributed by atoms with Crippen LogP contribution in [0.25, 0.3) is 0 Å². The molecule has 1 unspecified atom stereocenters. The number of carbonyl (C=O) groups is 1. The number of benzene rings is 1. The molecule has 0 aliphatic rings. The molecule has 2 N–H and O–H groups in total. The molecule has 0 fully saturated rings. The van der Waals surface area contributed by atoms with Crippen molar-refractivity contribution in [3.8, 4) is 0 Å². The molecule has 1 atom stereocenters. The van der Waals surface area contributed by atoms with E-state index in [1.807, 2.05) is 13.8 Å². The van der Waals surface area contributed by atoms with Gasteiger partial charge in [-0.25, -0.2) is 27.1 Å². The second-order valence-electron chi connectivity index (χ2n) is 4.77. The number of hydrogen-bond donors (Lipinski definition) is 1. The molecule has 5 nitrogen and oxygen atoms in total. The number of sulfonamides is 1. The van der Waals surface area contributed by atoms with Crippen LogP contribution >= 0.6 is 0 Å². The van der Waals surface area contributed by atoms with Crippen LogP contribution in [0.4, 0.5) is 8.78 Å². The standard InChI is InChI=1S/C13H17F2NO4S/c1-3-4-8(2)7-20-13(17)11-9(14)5-6-10(12(11)15)21(16,18)19/h5-6,8H,3-4,7H2,1-2H3,(H2,16,18,19). The van der Waals surface area contributed by atoms with Crippen LogP contribution in [-0.2, 0) is 14.8 Å². The maximum Gasteiger partial charge on any atom is 0.344 e. The Bertz CT molecular complexity index is 631. The lowest BCUT2D eigenvalue weighted by Gasteiger charge is -2.12. The van der Waals surface area contributed by atoms with E-state index in [4.69, 9.17) is 9.88 Å². The van der Waals surface area contributed by atoms with Gasteiger partial charge in [0.15, 0.2) is 5.82 Å². The number of carbonyl (C=O) groups excluding carboxylic acids is 1. The summed E-state index contributed by atoms with van der Waals surface area (Å²) in [7, 11) is -4.40. The molecule has 0 aromatic heterocycles. The summed E-state index contributed by atoms with van der Waals surface area (Å²) in [6, 6.07) is 1.32. The van der Waals surface area contributed by atoms with Crippen molar-refractivity contribution in [3.63, 3.8) is 0 Å². The highest BCUT2D eigenvalue weighted by molar-refractivity contribution is 7.89. The van der Waals surface area contributed by atoms with Crippen LogP contribution in [0.2, 0.25) is 0 Å². The fourth-order valence-corrected chi connectivity index (χ4v) is 2.42. The van der Waals surface area contributed by atoms with Crippen LogP contribution < -0.4 is 5.14 Å². The van der Waals surface area contributed by atoms with E-state index in [1.165, 1.54) is 0 Å². The van der Waals surface area contributed by atoms with Crippen molar-refractivity contribution in [2.24, 2.45) is 11.1 Å². The number of esters is 1. The lowest BCUT2D eigenvalue weighted by atomic mass is 10.1. The van der Waals surface area contributed by atoms with E-state index in [2.05, 4.69) is 0 Å². The van der Waals surface area contributed by atoms with E-state index in [-0.39, 0.29) is 12.5 Å². The Morgan fingerprint density at radius 2 is 2.00 bits per heavy atom. The van der Waals surface area contributed by atoms with Crippen LogP contribution in [-0.4, -0.2) is 21.0 Å². The second kappa shape index (κ2) is 6.95. The van der Waals surface area contributed by atoms with Crippen LogP contribution in [0, 0.1) is 17.6 Å². The van der Waals surface area contributed by atoms with Crippen molar-refractivity contribution in [1.29, 1.82) is 0 Å². The lowest BCUT2D eigenvalue weighted by molar-refractivity contribution is 0.0432. The molecule has 1 aromatic carbocycles. The van der Waals surface area contributed by atoms with Gasteiger partial charge in [-0.05, 0) is 24.5 Å². The molecule has 1 aromatic rings. The van der Waals surface area contributed by atoms with Gasteiger partial charge in [0.1, 0.15) is 16.3 Å². The van der Waals surface area contributed by atoms with Crippen molar-refractivity contribution in [2.45, 2.75) is 31.6 Å². The molecule has 21 heavy (non-hydrogen) atoms. The molecule has 0 aliphatic carbocycles. The molecular weight excluding hydrogens is 304 g/mol. The summed E-state index contributed by atoms with van der Waals surface area (Å²) in [5.41, 5.74) is -1.05. The van der Waals surface area contributed by atoms with Gasteiger partial charge >= 0.3 is 5.97 Å². The number of ether oxygens (including phenoxy) is 1. The normalized spacial score (nSPS) is 13.0. The van der Waals surface area contributed by atoms with Gasteiger partial charge in [0.2, 0.25) is 10.0 Å². The van der Waals surface area contributed by atoms with Gasteiger partial charge < -0.3 is 4.74 Å². The summed E-state index contributed by atoms with van der Waals surface area (Å²) < 4.78 is 54.6. The first-order valence-corrected chi connectivity index (χ1v) is 7.91. The maximum atomic E-state index is 14.0. The Balaban J connectivity index is 3.05. The Kier molecular flexibility index (Phi) is 5.79. The monoisotopic (exact) mass is 321 g/mol. The van der Waals surface area contributed by atoms with Gasteiger partial charge in [0.05, 0.1) is 6.61 Å². The number of nitrogens with two attached hydrogens (primary N) is 1. The second-order valence-corrected chi connectivity index (χ2v) is 6.30. The molecule has 0 saturated carbocycles. The summed E-state index contributed by atoms with van der Waals surface area (Å²) in [6.45, 7) is 3.77. The van der Waals surface area contributed by atoms with Crippen LogP contribution in [0.1, 0.15) is 37.0 Å². The van der Waals surface area contributed by atoms with Gasteiger partial charge in [-0.1, -0.05) is 20.3 Å². The number of hydrogen-bond acceptors (Lipinski definition) is 4. The first kappa shape index (κ1) is 17.5. The average molecular weight is 321 g/mol. The Hall–Kier alpha value is -1.54. The van der Waals surface area contributed by atoms with Crippen molar-refractivity contribution in [2.75, 3.05) is 6.61 Å². The molecule has 0 saturated heterocycles. The highest BCUT2D eigenvalue weighted by Crippen LogP contribution is 2.21. The smallest absolute Gasteiger partial charge is 0.344 e. The molecule has 0 heterocycles. The molecule has 0 bridgehead atoms. The molecule has 1 rings (SSSR count). The highest BCUT2D eigenvalue weighted by atomic mass is 32.2. The highest BCUT2D eigenvalue weighted by Gasteiger charge is 2.26. The zero-order valence-corrected chi connectivity index (χ0v) is 12.5. The summed E-state index contributed by atoms with van der Waals surface area (Å²) in [4.78, 5) is 10.8. The largest absolute Gasteiger partial charge is 0.462 e. The molecule has 8 heteroatoms. The third-order valence-electron chi connectivity index (χ3n) is 2.85. The molecule has 0 aliphatic heterocycles. The maximum absolute atomic E-state index is 14.0. The Labute approximate surface area is 122 Å². The molecule has 0 radical (unpaired) electrons. The predicted octanol–water partition coefficient (Wildman–Crippen LogP) is 2.21. The summed E-state index contributed by atoms with van der Waals surface area (Å²) in [5.74, 6) is -3.95. The zero-order valence-electron chi connectivity index (χ0n) is 11.7. The van der Waals surface area contributed by atoms with E-state index < -0.39 is 38.1 Å². The topological polar surface area (TPSA) is 86.5 Å². The van der Waals surface area contributed by atoms with Gasteiger partial charge in [0, 0.05) is 0 Å². The van der Waals surface area contributed by atoms with E-state index in [1.54, 1.807) is 0 Å². The molecule has 0 spiro atoms. The number of halogens is 2. The Morgan fingerprint density at radius 3 is 2.52 bits per heavy atom. The SMILES string of the molecule is CCCC(C)COC(=O)c1c(F)ccc(S(N)(=O)=O)c1F. The average Bonchev–Trinajstić information content (AvgIpc) is 2.35. The zero-order chi connectivity index (χ0) is 16.2. The van der Waals surface area contributed by atoms with Gasteiger partial charge in [-0.15, -0.1) is 0 Å². The minimum absolute atomic E-state index is 0.00877. The minimum Gasteiger partial charge on any atom is -0.462 e. The fraction of sp³-hybridized carbons (Fsp3) is 0.462. The van der Waals surface area contributed by atoms with E-state index >= 15 is 0 Å². The lowest BCUT2D eigenvalue weighted by Crippen LogP contribution is -2.19. The van der Waals surface area contributed by atoms with E-state index in [9.17, 15) is 22.0 Å². The van der Waals surface area contributed by atoms with Crippen molar-refractivity contribution >= 4 is 16.0 Å². The predicted molar refractivity (Wildman–Crippen MR) is 72.1 cm³/mol. The van der Waals surface area contributed by atoms with Gasteiger partial charge in [-0.2, -0.15) is 0 Å². The van der Waals surface area contributed by atoms with Crippen LogP contribution in [0.5, 0.6) is 0 Å². The van der Waals surface area contributed by atoms with Crippen LogP contribution in [0.15, 0.2) is 17.0 Å². The number of rotatable bonds is 6. The quantitative estimate of drug-likeness (QED) is 0.814. The van der Waals surface area contributed by atoms with Crippen LogP contribution in [0.3, 0.4) is 0 Å². The summed E-state index contributed by atoms with van der Waals surface area (Å²) >= 11 is 0.